The number of hydrogen-bond acceptors (Lipinski definition) is 5. The van der Waals surface area contributed by atoms with Gasteiger partial charge in [-0.3, -0.25) is 9.36 Å². The fourth-order valence-electron chi connectivity index (χ4n) is 4.38. The number of rotatable bonds is 8. The second kappa shape index (κ2) is 9.94. The van der Waals surface area contributed by atoms with Crippen molar-refractivity contribution >= 4 is 28.5 Å². The van der Waals surface area contributed by atoms with Crippen molar-refractivity contribution in [2.75, 3.05) is 26.2 Å². The third kappa shape index (κ3) is 5.55. The summed E-state index contributed by atoms with van der Waals surface area (Å²) in [6, 6.07) is 9.25. The first-order valence-corrected chi connectivity index (χ1v) is 11.2. The highest BCUT2D eigenvalue weighted by Crippen LogP contribution is 2.26. The maximum Gasteiger partial charge on any atom is 0.326 e. The number of carbonyl (C=O) groups excluding carboxylic acids is 1. The number of nitrogens with two attached hydrogens (primary N) is 1. The molecule has 4 N–H and O–H groups in total. The number of β-amino-alcohol motifs (C(OH)–C–C–N with tert-alkyl or cyclic N) is 1. The number of benzene rings is 2. The fourth-order valence-corrected chi connectivity index (χ4v) is 4.57. The minimum absolute atomic E-state index is 0.000646. The van der Waals surface area contributed by atoms with E-state index in [1.807, 2.05) is 0 Å². The Morgan fingerprint density at radius 1 is 1.27 bits per heavy atom. The molecule has 0 aliphatic carbocycles. The summed E-state index contributed by atoms with van der Waals surface area (Å²) in [6.45, 7) is 1.88. The SMILES string of the molecule is NC(=O)Cc1cc(Cl)ccc1OCC(O)CN1CCC(n2c(=O)[nH]c3cc(F)ccc32)CC1. The third-order valence-corrected chi connectivity index (χ3v) is 6.12. The van der Waals surface area contributed by atoms with Gasteiger partial charge in [0.2, 0.25) is 5.91 Å². The molecule has 1 unspecified atom stereocenters. The average molecular weight is 477 g/mol. The molecule has 3 aromatic rings. The molecule has 1 aliphatic rings. The third-order valence-electron chi connectivity index (χ3n) is 5.89. The predicted octanol–water partition coefficient (Wildman–Crippen LogP) is 2.23. The lowest BCUT2D eigenvalue weighted by molar-refractivity contribution is -0.117. The summed E-state index contributed by atoms with van der Waals surface area (Å²) in [7, 11) is 0. The number of ether oxygens (including phenoxy) is 1. The predicted molar refractivity (Wildman–Crippen MR) is 123 cm³/mol. The first kappa shape index (κ1) is 23.3. The number of aromatic nitrogens is 2. The van der Waals surface area contributed by atoms with E-state index in [0.717, 1.165) is 12.8 Å². The summed E-state index contributed by atoms with van der Waals surface area (Å²) in [4.78, 5) is 28.5. The van der Waals surface area contributed by atoms with Crippen LogP contribution < -0.4 is 16.2 Å². The molecule has 0 bridgehead atoms. The fraction of sp³-hybridized carbons (Fsp3) is 0.391. The Hall–Kier alpha value is -2.88. The second-order valence-corrected chi connectivity index (χ2v) is 8.79. The molecule has 8 nitrogen and oxygen atoms in total. The van der Waals surface area contributed by atoms with Crippen LogP contribution in [-0.4, -0.2) is 57.8 Å². The van der Waals surface area contributed by atoms with Gasteiger partial charge in [-0.05, 0) is 49.2 Å². The van der Waals surface area contributed by atoms with Crippen LogP contribution in [0.25, 0.3) is 11.0 Å². The van der Waals surface area contributed by atoms with Gasteiger partial charge < -0.3 is 25.5 Å². The molecule has 176 valence electrons. The van der Waals surface area contributed by atoms with Gasteiger partial charge >= 0.3 is 5.69 Å². The number of amides is 1. The van der Waals surface area contributed by atoms with Crippen molar-refractivity contribution in [1.82, 2.24) is 14.5 Å². The van der Waals surface area contributed by atoms with Crippen molar-refractivity contribution in [3.63, 3.8) is 0 Å². The van der Waals surface area contributed by atoms with Crippen molar-refractivity contribution in [3.05, 3.63) is 63.3 Å². The van der Waals surface area contributed by atoms with Gasteiger partial charge in [-0.15, -0.1) is 0 Å². The molecular formula is C23H26ClFN4O4. The van der Waals surface area contributed by atoms with Crippen LogP contribution in [0.4, 0.5) is 4.39 Å². The quantitative estimate of drug-likeness (QED) is 0.461. The van der Waals surface area contributed by atoms with Crippen LogP contribution >= 0.6 is 11.6 Å². The molecule has 1 fully saturated rings. The Bertz CT molecular complexity index is 1200. The van der Waals surface area contributed by atoms with Gasteiger partial charge in [-0.25, -0.2) is 9.18 Å². The molecule has 33 heavy (non-hydrogen) atoms. The molecule has 2 heterocycles. The summed E-state index contributed by atoms with van der Waals surface area (Å²) < 4.78 is 20.9. The Balaban J connectivity index is 1.31. The maximum atomic E-state index is 13.5. The van der Waals surface area contributed by atoms with Crippen molar-refractivity contribution in [2.24, 2.45) is 5.73 Å². The number of nitrogens with zero attached hydrogens (tertiary/aromatic N) is 2. The molecule has 0 saturated carbocycles. The Kier molecular flexibility index (Phi) is 7.02. The molecule has 0 spiro atoms. The number of H-pyrrole nitrogens is 1. The van der Waals surface area contributed by atoms with Gasteiger partial charge in [0.25, 0.3) is 0 Å². The van der Waals surface area contributed by atoms with E-state index in [1.165, 1.54) is 12.1 Å². The number of nitrogens with one attached hydrogen (secondary N) is 1. The lowest BCUT2D eigenvalue weighted by atomic mass is 10.0. The van der Waals surface area contributed by atoms with Crippen molar-refractivity contribution in [3.8, 4) is 5.75 Å². The lowest BCUT2D eigenvalue weighted by Gasteiger charge is -2.33. The number of fused-ring (bicyclic) bond motifs is 1. The number of halogens is 2. The van der Waals surface area contributed by atoms with Crippen LogP contribution in [0.2, 0.25) is 5.02 Å². The largest absolute Gasteiger partial charge is 0.491 e. The summed E-state index contributed by atoms with van der Waals surface area (Å²) in [5.74, 6) is -0.418. The number of aliphatic hydroxyl groups is 1. The van der Waals surface area contributed by atoms with E-state index >= 15 is 0 Å². The minimum atomic E-state index is -0.738. The number of aromatic amines is 1. The zero-order valence-corrected chi connectivity index (χ0v) is 18.7. The Labute approximate surface area is 194 Å². The monoisotopic (exact) mass is 476 g/mol. The van der Waals surface area contributed by atoms with Gasteiger partial charge in [-0.1, -0.05) is 11.6 Å². The van der Waals surface area contributed by atoms with Gasteiger partial charge in [0.15, 0.2) is 0 Å². The molecular weight excluding hydrogens is 451 g/mol. The highest BCUT2D eigenvalue weighted by molar-refractivity contribution is 6.30. The van der Waals surface area contributed by atoms with Crippen LogP contribution in [0.5, 0.6) is 5.75 Å². The maximum absolute atomic E-state index is 13.5. The van der Waals surface area contributed by atoms with E-state index < -0.39 is 12.0 Å². The molecule has 0 radical (unpaired) electrons. The second-order valence-electron chi connectivity index (χ2n) is 8.35. The number of carbonyl (C=O) groups is 1. The van der Waals surface area contributed by atoms with E-state index in [1.54, 1.807) is 28.8 Å². The topological polar surface area (TPSA) is 114 Å². The van der Waals surface area contributed by atoms with Crippen molar-refractivity contribution in [2.45, 2.75) is 31.4 Å². The smallest absolute Gasteiger partial charge is 0.326 e. The molecule has 10 heteroatoms. The zero-order chi connectivity index (χ0) is 23.5. The van der Waals surface area contributed by atoms with Crippen LogP contribution in [-0.2, 0) is 11.2 Å². The number of aliphatic hydroxyl groups excluding tert-OH is 1. The first-order chi connectivity index (χ1) is 15.8. The van der Waals surface area contributed by atoms with Gasteiger partial charge in [0.05, 0.1) is 17.5 Å². The number of primary amides is 1. The number of imidazole rings is 1. The van der Waals surface area contributed by atoms with E-state index in [2.05, 4.69) is 9.88 Å². The Morgan fingerprint density at radius 2 is 2.03 bits per heavy atom. The number of likely N-dealkylation sites (tertiary alicyclic amines) is 1. The highest BCUT2D eigenvalue weighted by atomic mass is 35.5. The van der Waals surface area contributed by atoms with Crippen LogP contribution in [0.1, 0.15) is 24.4 Å². The van der Waals surface area contributed by atoms with E-state index in [4.69, 9.17) is 22.1 Å². The van der Waals surface area contributed by atoms with Crippen molar-refractivity contribution in [1.29, 1.82) is 0 Å². The number of hydrogen-bond donors (Lipinski definition) is 3. The average Bonchev–Trinajstić information content (AvgIpc) is 3.08. The van der Waals surface area contributed by atoms with Crippen LogP contribution in [0.3, 0.4) is 0 Å². The van der Waals surface area contributed by atoms with E-state index in [0.29, 0.717) is 47.0 Å². The van der Waals surface area contributed by atoms with Crippen LogP contribution in [0, 0.1) is 5.82 Å². The number of piperidine rings is 1. The van der Waals surface area contributed by atoms with Gasteiger partial charge in [0, 0.05) is 36.3 Å². The van der Waals surface area contributed by atoms with Crippen molar-refractivity contribution < 1.29 is 19.0 Å². The molecule has 1 amide bonds. The van der Waals surface area contributed by atoms with Gasteiger partial charge in [0.1, 0.15) is 24.3 Å². The van der Waals surface area contributed by atoms with E-state index in [-0.39, 0.29) is 30.6 Å². The first-order valence-electron chi connectivity index (χ1n) is 10.8. The lowest BCUT2D eigenvalue weighted by Crippen LogP contribution is -2.42. The molecule has 2 aromatic carbocycles. The summed E-state index contributed by atoms with van der Waals surface area (Å²) in [5.41, 5.74) is 6.81. The molecule has 1 aliphatic heterocycles. The molecule has 1 aromatic heterocycles. The van der Waals surface area contributed by atoms with Gasteiger partial charge in [-0.2, -0.15) is 0 Å². The standard InChI is InChI=1S/C23H26ClFN4O4/c24-15-1-4-21(14(9-15)10-22(26)31)33-13-18(30)12-28-7-5-17(6-8-28)29-20-3-2-16(25)11-19(20)27-23(29)32/h1-4,9,11,17-18,30H,5-8,10,12-13H2,(H2,26,31)(H,27,32). The zero-order valence-electron chi connectivity index (χ0n) is 18.0. The molecule has 1 saturated heterocycles. The molecule has 1 atom stereocenters. The summed E-state index contributed by atoms with van der Waals surface area (Å²) in [5, 5.41) is 10.9. The van der Waals surface area contributed by atoms with Crippen LogP contribution in [0.15, 0.2) is 41.2 Å². The Morgan fingerprint density at radius 3 is 2.76 bits per heavy atom. The molecule has 4 rings (SSSR count). The normalized spacial score (nSPS) is 16.2. The highest BCUT2D eigenvalue weighted by Gasteiger charge is 2.25. The summed E-state index contributed by atoms with van der Waals surface area (Å²) in [6.07, 6.45) is 0.729. The van der Waals surface area contributed by atoms with E-state index in [9.17, 15) is 19.1 Å². The summed E-state index contributed by atoms with van der Waals surface area (Å²) >= 11 is 5.99. The minimum Gasteiger partial charge on any atom is -0.491 e.